The van der Waals surface area contributed by atoms with Crippen molar-refractivity contribution >= 4 is 27.5 Å². The van der Waals surface area contributed by atoms with Crippen LogP contribution < -0.4 is 10.9 Å². The van der Waals surface area contributed by atoms with Crippen molar-refractivity contribution in [2.45, 2.75) is 66.3 Å². The Morgan fingerprint density at radius 1 is 1.25 bits per heavy atom. The molecule has 0 saturated heterocycles. The van der Waals surface area contributed by atoms with Crippen molar-refractivity contribution in [3.05, 3.63) is 26.6 Å². The lowest BCUT2D eigenvalue weighted by Gasteiger charge is -2.14. The summed E-state index contributed by atoms with van der Waals surface area (Å²) in [6, 6.07) is 0.178. The molecule has 2 heterocycles. The van der Waals surface area contributed by atoms with Crippen LogP contribution in [0, 0.1) is 19.8 Å². The van der Waals surface area contributed by atoms with Crippen molar-refractivity contribution in [3.63, 3.8) is 0 Å². The van der Waals surface area contributed by atoms with Crippen molar-refractivity contribution in [1.29, 1.82) is 0 Å². The summed E-state index contributed by atoms with van der Waals surface area (Å²) in [4.78, 5) is 33.5. The van der Waals surface area contributed by atoms with Crippen LogP contribution in [0.4, 0.5) is 0 Å². The Kier molecular flexibility index (Phi) is 6.15. The number of carbonyl (C=O) groups is 1. The summed E-state index contributed by atoms with van der Waals surface area (Å²) < 4.78 is 0. The zero-order valence-electron chi connectivity index (χ0n) is 15.2. The van der Waals surface area contributed by atoms with Crippen molar-refractivity contribution in [2.24, 2.45) is 5.92 Å². The van der Waals surface area contributed by atoms with Gasteiger partial charge in [-0.25, -0.2) is 4.98 Å². The molecule has 0 bridgehead atoms. The molecule has 0 aliphatic rings. The lowest BCUT2D eigenvalue weighted by atomic mass is 10.0. The van der Waals surface area contributed by atoms with Crippen LogP contribution in [0.2, 0.25) is 0 Å². The molecule has 6 heteroatoms. The molecule has 0 aliphatic carbocycles. The molecule has 0 spiro atoms. The summed E-state index contributed by atoms with van der Waals surface area (Å²) >= 11 is 1.53. The minimum Gasteiger partial charge on any atom is -0.354 e. The Morgan fingerprint density at radius 2 is 1.96 bits per heavy atom. The first kappa shape index (κ1) is 18.6. The van der Waals surface area contributed by atoms with Gasteiger partial charge in [0.1, 0.15) is 10.7 Å². The number of amides is 1. The Balaban J connectivity index is 1.96. The molecule has 132 valence electrons. The van der Waals surface area contributed by atoms with E-state index in [0.29, 0.717) is 30.0 Å². The number of aryl methyl sites for hydroxylation is 3. The smallest absolute Gasteiger partial charge is 0.259 e. The second kappa shape index (κ2) is 7.92. The second-order valence-corrected chi connectivity index (χ2v) is 8.12. The molecule has 24 heavy (non-hydrogen) atoms. The number of carbonyl (C=O) groups excluding carboxylic acids is 1. The van der Waals surface area contributed by atoms with Crippen LogP contribution in [0.15, 0.2) is 4.79 Å². The van der Waals surface area contributed by atoms with Gasteiger partial charge in [0.05, 0.1) is 5.39 Å². The van der Waals surface area contributed by atoms with Gasteiger partial charge in [0.25, 0.3) is 5.56 Å². The average molecular weight is 350 g/mol. The van der Waals surface area contributed by atoms with Crippen LogP contribution in [-0.4, -0.2) is 21.9 Å². The van der Waals surface area contributed by atoms with E-state index in [9.17, 15) is 9.59 Å². The number of hydrogen-bond donors (Lipinski definition) is 2. The minimum absolute atomic E-state index is 0.00698. The highest BCUT2D eigenvalue weighted by molar-refractivity contribution is 7.18. The number of aromatic amines is 1. The quantitative estimate of drug-likeness (QED) is 0.803. The standard InChI is InChI=1S/C18H27N3O2S/c1-10(2)6-7-11(3)19-15(22)9-8-14-20-17(23)16-12(4)13(5)24-18(16)21-14/h10-11H,6-9H2,1-5H3,(H,19,22)(H,20,21,23). The molecule has 0 radical (unpaired) electrons. The SMILES string of the molecule is Cc1sc2nc(CCC(=O)NC(C)CCC(C)C)[nH]c(=O)c2c1C. The van der Waals surface area contributed by atoms with Gasteiger partial charge in [-0.1, -0.05) is 13.8 Å². The number of nitrogens with one attached hydrogen (secondary N) is 2. The molecule has 5 nitrogen and oxygen atoms in total. The molecule has 0 saturated carbocycles. The molecule has 2 N–H and O–H groups in total. The lowest BCUT2D eigenvalue weighted by Crippen LogP contribution is -2.33. The molecule has 1 unspecified atom stereocenters. The van der Waals surface area contributed by atoms with Crippen molar-refractivity contribution in [2.75, 3.05) is 0 Å². The number of rotatable bonds is 7. The first-order chi connectivity index (χ1) is 11.3. The molecule has 2 rings (SSSR count). The van der Waals surface area contributed by atoms with Gasteiger partial charge in [0, 0.05) is 23.8 Å². The Bertz CT molecular complexity index is 776. The van der Waals surface area contributed by atoms with E-state index in [2.05, 4.69) is 29.1 Å². The van der Waals surface area contributed by atoms with E-state index in [1.165, 1.54) is 11.3 Å². The highest BCUT2D eigenvalue weighted by Crippen LogP contribution is 2.25. The van der Waals surface area contributed by atoms with Crippen LogP contribution >= 0.6 is 11.3 Å². The Labute approximate surface area is 146 Å². The van der Waals surface area contributed by atoms with Crippen LogP contribution in [0.5, 0.6) is 0 Å². The maximum Gasteiger partial charge on any atom is 0.259 e. The van der Waals surface area contributed by atoms with E-state index in [4.69, 9.17) is 0 Å². The molecule has 2 aromatic rings. The van der Waals surface area contributed by atoms with Gasteiger partial charge in [-0.15, -0.1) is 11.3 Å². The van der Waals surface area contributed by atoms with Gasteiger partial charge in [-0.3, -0.25) is 9.59 Å². The van der Waals surface area contributed by atoms with Gasteiger partial charge < -0.3 is 10.3 Å². The van der Waals surface area contributed by atoms with E-state index in [1.807, 2.05) is 20.8 Å². The minimum atomic E-state index is -0.109. The third-order valence-corrected chi connectivity index (χ3v) is 5.36. The molecule has 0 aliphatic heterocycles. The number of nitrogens with zero attached hydrogens (tertiary/aromatic N) is 1. The van der Waals surface area contributed by atoms with E-state index < -0.39 is 0 Å². The first-order valence-electron chi connectivity index (χ1n) is 8.56. The molecule has 0 fully saturated rings. The summed E-state index contributed by atoms with van der Waals surface area (Å²) in [5.74, 6) is 1.23. The monoisotopic (exact) mass is 349 g/mol. The molecule has 1 amide bonds. The lowest BCUT2D eigenvalue weighted by molar-refractivity contribution is -0.121. The van der Waals surface area contributed by atoms with E-state index >= 15 is 0 Å². The van der Waals surface area contributed by atoms with Gasteiger partial charge in [0.15, 0.2) is 0 Å². The molecule has 2 aromatic heterocycles. The molecular formula is C18H27N3O2S. The number of H-pyrrole nitrogens is 1. The largest absolute Gasteiger partial charge is 0.354 e. The fraction of sp³-hybridized carbons (Fsp3) is 0.611. The topological polar surface area (TPSA) is 74.8 Å². The fourth-order valence-corrected chi connectivity index (χ4v) is 3.70. The van der Waals surface area contributed by atoms with E-state index in [1.54, 1.807) is 0 Å². The molecular weight excluding hydrogens is 322 g/mol. The summed E-state index contributed by atoms with van der Waals surface area (Å²) in [5.41, 5.74) is 0.884. The van der Waals surface area contributed by atoms with Crippen LogP contribution in [-0.2, 0) is 11.2 Å². The van der Waals surface area contributed by atoms with E-state index in [-0.39, 0.29) is 17.5 Å². The first-order valence-corrected chi connectivity index (χ1v) is 9.37. The highest BCUT2D eigenvalue weighted by Gasteiger charge is 2.13. The van der Waals surface area contributed by atoms with Crippen LogP contribution in [0.25, 0.3) is 10.2 Å². The molecule has 1 atom stereocenters. The Hall–Kier alpha value is -1.69. The van der Waals surface area contributed by atoms with Crippen LogP contribution in [0.1, 0.15) is 56.3 Å². The summed E-state index contributed by atoms with van der Waals surface area (Å²) in [6.45, 7) is 10.3. The Morgan fingerprint density at radius 3 is 2.62 bits per heavy atom. The van der Waals surface area contributed by atoms with Crippen LogP contribution in [0.3, 0.4) is 0 Å². The third kappa shape index (κ3) is 4.66. The number of aromatic nitrogens is 2. The van der Waals surface area contributed by atoms with Gasteiger partial charge >= 0.3 is 0 Å². The van der Waals surface area contributed by atoms with Crippen molar-refractivity contribution < 1.29 is 4.79 Å². The number of thiophene rings is 1. The molecule has 0 aromatic carbocycles. The summed E-state index contributed by atoms with van der Waals surface area (Å²) in [5, 5.41) is 3.69. The normalized spacial score (nSPS) is 12.8. The summed E-state index contributed by atoms with van der Waals surface area (Å²) in [7, 11) is 0. The predicted molar refractivity (Wildman–Crippen MR) is 99.7 cm³/mol. The van der Waals surface area contributed by atoms with Gasteiger partial charge in [-0.2, -0.15) is 0 Å². The third-order valence-electron chi connectivity index (χ3n) is 4.26. The predicted octanol–water partition coefficient (Wildman–Crippen LogP) is 3.47. The fourth-order valence-electron chi connectivity index (χ4n) is 2.65. The number of hydrogen-bond acceptors (Lipinski definition) is 4. The van der Waals surface area contributed by atoms with Gasteiger partial charge in [0.2, 0.25) is 5.91 Å². The second-order valence-electron chi connectivity index (χ2n) is 6.92. The van der Waals surface area contributed by atoms with Gasteiger partial charge in [-0.05, 0) is 45.1 Å². The highest BCUT2D eigenvalue weighted by atomic mass is 32.1. The van der Waals surface area contributed by atoms with E-state index in [0.717, 1.165) is 28.1 Å². The average Bonchev–Trinajstić information content (AvgIpc) is 2.78. The zero-order chi connectivity index (χ0) is 17.9. The maximum absolute atomic E-state index is 12.2. The number of fused-ring (bicyclic) bond motifs is 1. The van der Waals surface area contributed by atoms with Crippen molar-refractivity contribution in [1.82, 2.24) is 15.3 Å². The van der Waals surface area contributed by atoms with Crippen molar-refractivity contribution in [3.8, 4) is 0 Å². The summed E-state index contributed by atoms with van der Waals surface area (Å²) in [6.07, 6.45) is 2.87. The maximum atomic E-state index is 12.2. The zero-order valence-corrected chi connectivity index (χ0v) is 16.0.